The van der Waals surface area contributed by atoms with Crippen molar-refractivity contribution >= 4 is 118 Å². The summed E-state index contributed by atoms with van der Waals surface area (Å²) in [6.45, 7) is 20.6. The Labute approximate surface area is 688 Å². The standard InChI is InChI=1S/C19H21FN4O2.C17H19FN4O.C16H16ClN5O.C11H15N5.C9H12N6.C8H9IN4/c1-12(2)26-16-4-3-13(9-14(16)20)18-17-15(10-21-18)22-11-23-19(17)24-5-7-25-8-6-24;1-10(2)23-14-6-5-11(7-12(14)18)16-15-13(8-19-16)20-9-21-17(15)22(3)4;17-11-7-10(1-2-13(11)22-3-5-23-6-4-22)15-14-12(8-19-15)20-9-21-16(14)18;12-10-9-8(14-7-15-10)6-13-11(9)16-4-2-1-3-5-16;10-7-6-8(12-5-11-7)13-14-9(6)15-3-1-2-4-15;1-13(2)8-6-5(11-4-12-8)3-10-7(6)9/h3-4,9,11-12H,5-8,10H2,1-2H3;5-7,9-10H,8H2,1-4H3;1-2,7,9H,3-6,8H2,(H2,18,20,21);7H,1-6H2,(H2,12,14,15);5H,1-4H2,(H3,10,11,12,13,14);4H,3H2,1-2H3. The van der Waals surface area contributed by atoms with Crippen molar-refractivity contribution in [2.24, 2.45) is 25.0 Å². The number of anilines is 8. The first-order valence-corrected chi connectivity index (χ1v) is 40.0. The van der Waals surface area contributed by atoms with Crippen LogP contribution in [0.4, 0.5) is 55.2 Å². The third-order valence-corrected chi connectivity index (χ3v) is 21.2. The van der Waals surface area contributed by atoms with E-state index in [0.29, 0.717) is 85.2 Å². The average Bonchev–Trinajstić information content (AvgIpc) is 1.54. The first-order chi connectivity index (χ1) is 56.3. The number of hydrogen-bond acceptors (Lipinski definition) is 31. The Morgan fingerprint density at radius 2 is 0.879 bits per heavy atom. The Morgan fingerprint density at radius 1 is 0.448 bits per heavy atom. The average molecular weight is 1710 g/mol. The molecule has 0 bridgehead atoms. The molecule has 16 heterocycles. The highest BCUT2D eigenvalue weighted by Crippen LogP contribution is 2.37. The van der Waals surface area contributed by atoms with Crippen LogP contribution in [0.15, 0.2) is 118 Å². The van der Waals surface area contributed by atoms with Gasteiger partial charge in [0.2, 0.25) is 0 Å². The van der Waals surface area contributed by atoms with Gasteiger partial charge in [-0.3, -0.25) is 30.1 Å². The van der Waals surface area contributed by atoms with Crippen LogP contribution in [-0.2, 0) is 42.2 Å². The van der Waals surface area contributed by atoms with E-state index in [2.05, 4.69) is 137 Å². The third kappa shape index (κ3) is 18.3. The largest absolute Gasteiger partial charge is 0.488 e. The van der Waals surface area contributed by atoms with E-state index < -0.39 is 11.6 Å². The molecule has 4 saturated heterocycles. The van der Waals surface area contributed by atoms with Gasteiger partial charge in [0.15, 0.2) is 34.6 Å². The van der Waals surface area contributed by atoms with E-state index in [4.69, 9.17) is 47.7 Å². The van der Waals surface area contributed by atoms with Gasteiger partial charge >= 0.3 is 0 Å². The quantitative estimate of drug-likeness (QED) is 0.0826. The second-order valence-electron chi connectivity index (χ2n) is 29.0. The molecule has 0 atom stereocenters. The molecule has 0 spiro atoms. The van der Waals surface area contributed by atoms with Crippen LogP contribution >= 0.6 is 34.2 Å². The number of halogens is 4. The molecule has 9 aliphatic rings. The summed E-state index contributed by atoms with van der Waals surface area (Å²) in [5.74, 6) is 5.71. The van der Waals surface area contributed by atoms with Gasteiger partial charge in [-0.05, 0) is 131 Å². The van der Waals surface area contributed by atoms with Gasteiger partial charge in [-0.1, -0.05) is 17.7 Å². The third-order valence-electron chi connectivity index (χ3n) is 20.0. The number of nitrogen functional groups attached to an aromatic ring is 3. The second kappa shape index (κ2) is 37.0. The van der Waals surface area contributed by atoms with Gasteiger partial charge in [0.05, 0.1) is 155 Å². The van der Waals surface area contributed by atoms with Crippen LogP contribution in [0.3, 0.4) is 0 Å². The lowest BCUT2D eigenvalue weighted by Gasteiger charge is -2.29. The van der Waals surface area contributed by atoms with Crippen molar-refractivity contribution in [3.8, 4) is 11.5 Å². The molecule has 3 aromatic carbocycles. The molecule has 10 aromatic rings. The number of ether oxygens (including phenoxy) is 4. The van der Waals surface area contributed by atoms with Crippen LogP contribution < -0.4 is 51.2 Å². The Bertz CT molecular complexity index is 5370. The van der Waals surface area contributed by atoms with Gasteiger partial charge in [0.1, 0.15) is 87.8 Å². The molecule has 4 fully saturated rings. The molecule has 0 amide bonds. The van der Waals surface area contributed by atoms with E-state index in [1.54, 1.807) is 24.8 Å². The number of morpholine rings is 2. The second-order valence-corrected chi connectivity index (χ2v) is 30.4. The maximum atomic E-state index is 14.5. The number of nitrogens with one attached hydrogen (secondary N) is 1. The lowest BCUT2D eigenvalue weighted by Crippen LogP contribution is -2.37. The van der Waals surface area contributed by atoms with Gasteiger partial charge in [-0.2, -0.15) is 5.10 Å². The molecule has 0 saturated carbocycles. The number of aromatic nitrogens is 14. The number of piperidine rings is 1. The van der Waals surface area contributed by atoms with E-state index in [9.17, 15) is 8.78 Å². The number of H-pyrrole nitrogens is 1. The lowest BCUT2D eigenvalue weighted by molar-refractivity contribution is 0.122. The number of amidine groups is 1. The Morgan fingerprint density at radius 3 is 1.45 bits per heavy atom. The first kappa shape index (κ1) is 81.1. The minimum absolute atomic E-state index is 0.0753. The van der Waals surface area contributed by atoms with E-state index in [-0.39, 0.29) is 23.7 Å². The van der Waals surface area contributed by atoms with Crippen LogP contribution in [0.25, 0.3) is 11.0 Å². The predicted octanol–water partition coefficient (Wildman–Crippen LogP) is 9.89. The summed E-state index contributed by atoms with van der Waals surface area (Å²) in [4.78, 5) is 86.0. The van der Waals surface area contributed by atoms with E-state index in [1.165, 1.54) is 69.5 Å². The van der Waals surface area contributed by atoms with E-state index in [0.717, 1.165) is 188 Å². The summed E-state index contributed by atoms with van der Waals surface area (Å²) in [6, 6.07) is 15.9. The smallest absolute Gasteiger partial charge is 0.165 e. The van der Waals surface area contributed by atoms with E-state index in [1.807, 2.05) is 96.0 Å². The van der Waals surface area contributed by atoms with Crippen LogP contribution in [0, 0.1) is 11.6 Å². The van der Waals surface area contributed by atoms with Gasteiger partial charge in [-0.15, -0.1) is 0 Å². The van der Waals surface area contributed by atoms with Crippen molar-refractivity contribution in [1.82, 2.24) is 74.9 Å². The zero-order chi connectivity index (χ0) is 81.1. The number of fused-ring (bicyclic) bond motifs is 6. The molecule has 19 rings (SSSR count). The van der Waals surface area contributed by atoms with Crippen LogP contribution in [-0.4, -0.2) is 221 Å². The zero-order valence-electron chi connectivity index (χ0n) is 66.0. The molecular formula is C80H92ClF2IN28O4. The summed E-state index contributed by atoms with van der Waals surface area (Å²) in [7, 11) is 7.78. The molecule has 9 aliphatic heterocycles. The number of likely N-dealkylation sites (tertiary alicyclic amines) is 1. The van der Waals surface area contributed by atoms with Crippen LogP contribution in [0.5, 0.6) is 11.5 Å². The highest BCUT2D eigenvalue weighted by molar-refractivity contribution is 14.1. The van der Waals surface area contributed by atoms with Crippen LogP contribution in [0.2, 0.25) is 5.02 Å². The molecule has 7 N–H and O–H groups in total. The number of nitrogens with two attached hydrogens (primary N) is 3. The maximum Gasteiger partial charge on any atom is 0.165 e. The summed E-state index contributed by atoms with van der Waals surface area (Å²) < 4.78 is 51.5. The Hall–Kier alpha value is -11.4. The highest BCUT2D eigenvalue weighted by atomic mass is 127. The molecule has 36 heteroatoms. The summed E-state index contributed by atoms with van der Waals surface area (Å²) in [5, 5.41) is 8.69. The van der Waals surface area contributed by atoms with Crippen molar-refractivity contribution < 1.29 is 27.7 Å². The van der Waals surface area contributed by atoms with Gasteiger partial charge in [0, 0.05) is 97.2 Å². The fourth-order valence-electron chi connectivity index (χ4n) is 14.6. The SMILES string of the molecule is CC(C)Oc1ccc(C2=NCc3ncnc(N(C)C)c32)cc1F.CC(C)Oc1ccc(C2=NCc3ncnc(N4CCOCC4)c32)cc1F.CN(C)c1ncnc2c1C(I)=NC2.Nc1ncnc2[nH]nc(N3CCCC3)c12.Nc1ncnc2c1C(N1CCCCC1)=NC2.Nc1ncnc2c1C(c1ccc(N3CCOCC3)c(Cl)c1)=NC2. The minimum atomic E-state index is -0.393. The lowest BCUT2D eigenvalue weighted by atomic mass is 10.0. The van der Waals surface area contributed by atoms with Crippen molar-refractivity contribution in [2.75, 3.05) is 149 Å². The normalized spacial score (nSPS) is 16.1. The van der Waals surface area contributed by atoms with Crippen molar-refractivity contribution in [3.63, 3.8) is 0 Å². The number of aromatic amines is 1. The Balaban J connectivity index is 0.000000117. The molecule has 0 aliphatic carbocycles. The number of aliphatic imine (C=N–C) groups is 5. The van der Waals surface area contributed by atoms with Gasteiger partial charge in [-0.25, -0.2) is 68.6 Å². The zero-order valence-corrected chi connectivity index (χ0v) is 68.9. The number of hydrogen-bond donors (Lipinski definition) is 4. The molecule has 7 aromatic heterocycles. The maximum absolute atomic E-state index is 14.5. The molecule has 0 radical (unpaired) electrons. The fourth-order valence-corrected chi connectivity index (χ4v) is 15.6. The topological polar surface area (TPSA) is 380 Å². The molecule has 32 nitrogen and oxygen atoms in total. The van der Waals surface area contributed by atoms with Gasteiger partial charge < -0.3 is 65.5 Å². The summed E-state index contributed by atoms with van der Waals surface area (Å²) >= 11 is 8.73. The monoisotopic (exact) mass is 1710 g/mol. The highest BCUT2D eigenvalue weighted by Gasteiger charge is 2.32. The van der Waals surface area contributed by atoms with E-state index >= 15 is 0 Å². The summed E-state index contributed by atoms with van der Waals surface area (Å²) in [5.41, 5.74) is 33.3. The number of nitrogens with zero attached hydrogens (tertiary/aromatic N) is 24. The minimum Gasteiger partial charge on any atom is -0.488 e. The van der Waals surface area contributed by atoms with Crippen molar-refractivity contribution in [1.29, 1.82) is 0 Å². The number of benzene rings is 3. The summed E-state index contributed by atoms with van der Waals surface area (Å²) in [6.07, 6.45) is 15.2. The molecule has 0 unspecified atom stereocenters. The first-order valence-electron chi connectivity index (χ1n) is 38.5. The molecular weight excluding hydrogens is 1620 g/mol. The molecule has 116 heavy (non-hydrogen) atoms. The fraction of sp³-hybridized carbons (Fsp3) is 0.400. The number of rotatable bonds is 12. The van der Waals surface area contributed by atoms with Crippen molar-refractivity contribution in [3.05, 3.63) is 182 Å². The predicted molar refractivity (Wildman–Crippen MR) is 455 cm³/mol. The molecule has 604 valence electrons. The van der Waals surface area contributed by atoms with Crippen LogP contribution in [0.1, 0.15) is 133 Å². The Kier molecular flexibility index (Phi) is 25.9. The van der Waals surface area contributed by atoms with Crippen molar-refractivity contribution in [2.45, 2.75) is 105 Å². The van der Waals surface area contributed by atoms with Gasteiger partial charge in [0.25, 0.3) is 0 Å².